The number of anilines is 1. The highest BCUT2D eigenvalue weighted by atomic mass is 16.5. The molecule has 0 spiro atoms. The number of nitrogens with zero attached hydrogens (tertiary/aromatic N) is 4. The summed E-state index contributed by atoms with van der Waals surface area (Å²) in [5, 5.41) is 3.85. The molecule has 34 heavy (non-hydrogen) atoms. The van der Waals surface area contributed by atoms with E-state index in [0.29, 0.717) is 30.0 Å². The second-order valence-corrected chi connectivity index (χ2v) is 7.34. The summed E-state index contributed by atoms with van der Waals surface area (Å²) in [6, 6.07) is 18.9. The average molecular weight is 454 g/mol. The third-order valence-electron chi connectivity index (χ3n) is 4.81. The lowest BCUT2D eigenvalue weighted by Gasteiger charge is -2.21. The molecule has 172 valence electrons. The number of amides is 1. The van der Waals surface area contributed by atoms with Gasteiger partial charge in [-0.2, -0.15) is 0 Å². The molecule has 0 aliphatic carbocycles. The number of methoxy groups -OCH3 is 1. The van der Waals surface area contributed by atoms with E-state index in [2.05, 4.69) is 32.6 Å². The van der Waals surface area contributed by atoms with Crippen molar-refractivity contribution in [3.63, 3.8) is 0 Å². The fourth-order valence-electron chi connectivity index (χ4n) is 3.43. The predicted molar refractivity (Wildman–Crippen MR) is 134 cm³/mol. The van der Waals surface area contributed by atoms with Gasteiger partial charge in [-0.3, -0.25) is 24.6 Å². The molecule has 7 nitrogen and oxygen atoms in total. The molecule has 0 saturated carbocycles. The van der Waals surface area contributed by atoms with Gasteiger partial charge in [-0.25, -0.2) is 0 Å². The highest BCUT2D eigenvalue weighted by Crippen LogP contribution is 2.29. The second-order valence-electron chi connectivity index (χ2n) is 7.34. The van der Waals surface area contributed by atoms with Crippen molar-refractivity contribution in [3.8, 4) is 18.1 Å². The first-order valence-electron chi connectivity index (χ1n) is 10.8. The molecule has 3 heterocycles. The Morgan fingerprint density at radius 3 is 2.12 bits per heavy atom. The molecule has 4 aromatic rings. The Labute approximate surface area is 199 Å². The molecule has 0 saturated heterocycles. The number of carbonyl (C=O) groups is 1. The van der Waals surface area contributed by atoms with Crippen LogP contribution in [0.3, 0.4) is 0 Å². The summed E-state index contributed by atoms with van der Waals surface area (Å²) in [5.74, 6) is 2.83. The largest absolute Gasteiger partial charge is 0.496 e. The predicted octanol–water partition coefficient (Wildman–Crippen LogP) is 4.31. The summed E-state index contributed by atoms with van der Waals surface area (Å²) in [6.45, 7) is 2.91. The minimum Gasteiger partial charge on any atom is -0.496 e. The minimum absolute atomic E-state index is 0.135. The Bertz CT molecular complexity index is 1200. The number of hydrogen-bond acceptors (Lipinski definition) is 6. The summed E-state index contributed by atoms with van der Waals surface area (Å²) in [4.78, 5) is 28.2. The van der Waals surface area contributed by atoms with Gasteiger partial charge in [-0.05, 0) is 55.5 Å². The van der Waals surface area contributed by atoms with Crippen LogP contribution in [0.1, 0.15) is 18.3 Å². The van der Waals surface area contributed by atoms with Crippen LogP contribution in [0.4, 0.5) is 5.69 Å². The third kappa shape index (κ3) is 6.86. The molecular weight excluding hydrogens is 426 g/mol. The lowest BCUT2D eigenvalue weighted by Crippen LogP contribution is -2.33. The van der Waals surface area contributed by atoms with Gasteiger partial charge in [-0.15, -0.1) is 12.3 Å². The maximum Gasteiger partial charge on any atom is 0.238 e. The van der Waals surface area contributed by atoms with Crippen molar-refractivity contribution < 1.29 is 9.53 Å². The zero-order chi connectivity index (χ0) is 24.2. The fraction of sp³-hybridized carbons (Fsp3) is 0.185. The number of aromatic nitrogens is 3. The quantitative estimate of drug-likeness (QED) is 0.401. The highest BCUT2D eigenvalue weighted by molar-refractivity contribution is 6.02. The third-order valence-corrected chi connectivity index (χ3v) is 4.81. The zero-order valence-electron chi connectivity index (χ0n) is 19.3. The molecule has 0 aliphatic rings. The monoisotopic (exact) mass is 453 g/mol. The number of fused-ring (bicyclic) bond motifs is 1. The number of benzene rings is 1. The van der Waals surface area contributed by atoms with Gasteiger partial charge in [0.05, 0.1) is 36.2 Å². The van der Waals surface area contributed by atoms with E-state index in [1.165, 1.54) is 0 Å². The van der Waals surface area contributed by atoms with Crippen LogP contribution in [0.5, 0.6) is 5.75 Å². The fourth-order valence-corrected chi connectivity index (χ4v) is 3.43. The maximum absolute atomic E-state index is 12.9. The number of carbonyl (C=O) groups excluding carboxylic acids is 1. The summed E-state index contributed by atoms with van der Waals surface area (Å²) < 4.78 is 5.41. The van der Waals surface area contributed by atoms with E-state index >= 15 is 0 Å². The van der Waals surface area contributed by atoms with Gasteiger partial charge in [0.2, 0.25) is 5.91 Å². The summed E-state index contributed by atoms with van der Waals surface area (Å²) >= 11 is 0. The SMILES string of the molecule is C#CC.COc1ccc(NC(=O)CN(Cc2ccccn2)Cc2ccccn2)c2ncccc12. The van der Waals surface area contributed by atoms with E-state index in [0.717, 1.165) is 16.8 Å². The van der Waals surface area contributed by atoms with Gasteiger partial charge in [0, 0.05) is 37.1 Å². The molecule has 0 fully saturated rings. The van der Waals surface area contributed by atoms with E-state index < -0.39 is 0 Å². The smallest absolute Gasteiger partial charge is 0.238 e. The molecule has 3 aromatic heterocycles. The van der Waals surface area contributed by atoms with Gasteiger partial charge in [0.15, 0.2) is 0 Å². The molecule has 0 radical (unpaired) electrons. The van der Waals surface area contributed by atoms with Gasteiger partial charge < -0.3 is 10.1 Å². The number of pyridine rings is 3. The first-order chi connectivity index (χ1) is 16.6. The Kier molecular flexibility index (Phi) is 9.09. The van der Waals surface area contributed by atoms with E-state index in [1.807, 2.05) is 65.6 Å². The Hall–Kier alpha value is -4.28. The van der Waals surface area contributed by atoms with Crippen LogP contribution in [0.2, 0.25) is 0 Å². The minimum atomic E-state index is -0.135. The topological polar surface area (TPSA) is 80.2 Å². The summed E-state index contributed by atoms with van der Waals surface area (Å²) in [6.07, 6.45) is 9.80. The van der Waals surface area contributed by atoms with Crippen molar-refractivity contribution in [2.24, 2.45) is 0 Å². The van der Waals surface area contributed by atoms with E-state index in [9.17, 15) is 4.79 Å². The molecule has 1 aromatic carbocycles. The van der Waals surface area contributed by atoms with Crippen LogP contribution in [-0.4, -0.2) is 39.4 Å². The first-order valence-corrected chi connectivity index (χ1v) is 10.8. The van der Waals surface area contributed by atoms with Crippen LogP contribution >= 0.6 is 0 Å². The molecule has 4 rings (SSSR count). The Morgan fingerprint density at radius 1 is 0.941 bits per heavy atom. The number of ether oxygens (including phenoxy) is 1. The molecule has 0 bridgehead atoms. The van der Waals surface area contributed by atoms with Crippen molar-refractivity contribution >= 4 is 22.5 Å². The van der Waals surface area contributed by atoms with Crippen LogP contribution in [0, 0.1) is 12.3 Å². The van der Waals surface area contributed by atoms with Crippen LogP contribution < -0.4 is 10.1 Å². The molecular formula is C27H27N5O2. The second kappa shape index (κ2) is 12.7. The number of terminal acetylenes is 1. The molecule has 1 N–H and O–H groups in total. The number of nitrogens with one attached hydrogen (secondary N) is 1. The lowest BCUT2D eigenvalue weighted by molar-refractivity contribution is -0.117. The van der Waals surface area contributed by atoms with Gasteiger partial charge >= 0.3 is 0 Å². The number of hydrogen-bond donors (Lipinski definition) is 1. The van der Waals surface area contributed by atoms with E-state index in [-0.39, 0.29) is 12.5 Å². The first kappa shape index (κ1) is 24.4. The molecule has 0 atom stereocenters. The Morgan fingerprint density at radius 2 is 1.56 bits per heavy atom. The molecule has 7 heteroatoms. The Balaban J connectivity index is 0.00000103. The maximum atomic E-state index is 12.9. The van der Waals surface area contributed by atoms with E-state index in [4.69, 9.17) is 4.74 Å². The molecule has 1 amide bonds. The van der Waals surface area contributed by atoms with Crippen LogP contribution in [0.15, 0.2) is 79.3 Å². The van der Waals surface area contributed by atoms with Crippen molar-refractivity contribution in [2.75, 3.05) is 19.0 Å². The van der Waals surface area contributed by atoms with Crippen LogP contribution in [0.25, 0.3) is 10.9 Å². The molecule has 0 unspecified atom stereocenters. The summed E-state index contributed by atoms with van der Waals surface area (Å²) in [5.41, 5.74) is 3.12. The molecule has 0 aliphatic heterocycles. The standard InChI is InChI=1S/C24H23N5O2.C3H4/c1-31-22-11-10-21(24-20(22)9-6-14-27-24)28-23(30)17-29(15-18-7-2-4-12-25-18)16-19-8-3-5-13-26-19;1-3-2/h2-14H,15-17H2,1H3,(H,28,30);1H,2H3. The van der Waals surface area contributed by atoms with Crippen molar-refractivity contribution in [2.45, 2.75) is 20.0 Å². The highest BCUT2D eigenvalue weighted by Gasteiger charge is 2.15. The summed E-state index contributed by atoms with van der Waals surface area (Å²) in [7, 11) is 1.62. The van der Waals surface area contributed by atoms with Crippen LogP contribution in [-0.2, 0) is 17.9 Å². The van der Waals surface area contributed by atoms with Gasteiger partial charge in [-0.1, -0.05) is 12.1 Å². The zero-order valence-corrected chi connectivity index (χ0v) is 19.3. The average Bonchev–Trinajstić information content (AvgIpc) is 2.86. The van der Waals surface area contributed by atoms with Crippen molar-refractivity contribution in [3.05, 3.63) is 90.6 Å². The van der Waals surface area contributed by atoms with Gasteiger partial charge in [0.1, 0.15) is 5.75 Å². The van der Waals surface area contributed by atoms with Gasteiger partial charge in [0.25, 0.3) is 0 Å². The lowest BCUT2D eigenvalue weighted by atomic mass is 10.1. The van der Waals surface area contributed by atoms with Crippen molar-refractivity contribution in [1.82, 2.24) is 19.9 Å². The number of rotatable bonds is 8. The van der Waals surface area contributed by atoms with E-state index in [1.54, 1.807) is 32.6 Å². The normalized spacial score (nSPS) is 10.2. The van der Waals surface area contributed by atoms with Crippen molar-refractivity contribution in [1.29, 1.82) is 0 Å².